The predicted octanol–water partition coefficient (Wildman–Crippen LogP) is 1.83. The second-order valence-electron chi connectivity index (χ2n) is 7.16. The number of amides is 2. The van der Waals surface area contributed by atoms with E-state index in [0.717, 1.165) is 31.6 Å². The van der Waals surface area contributed by atoms with Crippen molar-refractivity contribution in [1.29, 1.82) is 0 Å². The van der Waals surface area contributed by atoms with E-state index in [-0.39, 0.29) is 30.1 Å². The number of nitrogens with one attached hydrogen (secondary N) is 1. The first-order chi connectivity index (χ1) is 11.6. The third kappa shape index (κ3) is 4.73. The number of nitrogens with zero attached hydrogens (tertiary/aromatic N) is 2. The normalized spacial score (nSPS) is 23.0. The van der Waals surface area contributed by atoms with Crippen LogP contribution in [0.25, 0.3) is 0 Å². The molecule has 1 aromatic carbocycles. The highest BCUT2D eigenvalue weighted by Gasteiger charge is 2.38. The zero-order valence-electron chi connectivity index (χ0n) is 15.0. The zero-order chi connectivity index (χ0) is 17.1. The Morgan fingerprint density at radius 3 is 2.64 bits per heavy atom. The molecule has 2 heterocycles. The number of carbonyl (C=O) groups excluding carboxylic acids is 2. The lowest BCUT2D eigenvalue weighted by Gasteiger charge is -2.21. The van der Waals surface area contributed by atoms with Crippen molar-refractivity contribution < 1.29 is 9.59 Å². The van der Waals surface area contributed by atoms with E-state index in [9.17, 15) is 9.59 Å². The van der Waals surface area contributed by atoms with E-state index in [2.05, 4.69) is 36.5 Å². The topological polar surface area (TPSA) is 52.7 Å². The van der Waals surface area contributed by atoms with Crippen molar-refractivity contribution in [3.05, 3.63) is 35.4 Å². The van der Waals surface area contributed by atoms with Gasteiger partial charge in [0.15, 0.2) is 0 Å². The number of likely N-dealkylation sites (tertiary alicyclic amines) is 2. The van der Waals surface area contributed by atoms with E-state index >= 15 is 0 Å². The molecule has 0 radical (unpaired) electrons. The molecule has 5 nitrogen and oxygen atoms in total. The lowest BCUT2D eigenvalue weighted by Crippen LogP contribution is -2.36. The zero-order valence-corrected chi connectivity index (χ0v) is 15.8. The summed E-state index contributed by atoms with van der Waals surface area (Å²) in [5, 5.41) is 3.18. The first-order valence-corrected chi connectivity index (χ1v) is 8.83. The van der Waals surface area contributed by atoms with Gasteiger partial charge in [-0.15, -0.1) is 12.4 Å². The third-order valence-corrected chi connectivity index (χ3v) is 5.15. The maximum absolute atomic E-state index is 12.7. The molecule has 0 aliphatic carbocycles. The van der Waals surface area contributed by atoms with Gasteiger partial charge < -0.3 is 15.1 Å². The van der Waals surface area contributed by atoms with Crippen molar-refractivity contribution in [3.8, 4) is 0 Å². The lowest BCUT2D eigenvalue weighted by atomic mass is 10.1. The van der Waals surface area contributed by atoms with Crippen LogP contribution in [0.1, 0.15) is 24.0 Å². The average molecular weight is 366 g/mol. The summed E-state index contributed by atoms with van der Waals surface area (Å²) in [4.78, 5) is 28.8. The van der Waals surface area contributed by atoms with Gasteiger partial charge in [-0.1, -0.05) is 29.8 Å². The molecular weight excluding hydrogens is 338 g/mol. The lowest BCUT2D eigenvalue weighted by molar-refractivity contribution is -0.135. The summed E-state index contributed by atoms with van der Waals surface area (Å²) >= 11 is 0. The predicted molar refractivity (Wildman–Crippen MR) is 101 cm³/mol. The number of halogens is 1. The van der Waals surface area contributed by atoms with Crippen molar-refractivity contribution >= 4 is 24.2 Å². The molecule has 2 atom stereocenters. The van der Waals surface area contributed by atoms with Crippen LogP contribution in [-0.4, -0.2) is 54.8 Å². The highest BCUT2D eigenvalue weighted by atomic mass is 35.5. The highest BCUT2D eigenvalue weighted by molar-refractivity contribution is 5.89. The van der Waals surface area contributed by atoms with Gasteiger partial charge in [-0.05, 0) is 38.4 Å². The van der Waals surface area contributed by atoms with Crippen molar-refractivity contribution in [2.24, 2.45) is 11.8 Å². The molecule has 0 spiro atoms. The van der Waals surface area contributed by atoms with Crippen molar-refractivity contribution in [2.45, 2.75) is 26.3 Å². The molecule has 2 unspecified atom stereocenters. The standard InChI is InChI=1S/C19H27N3O2.ClH/c1-14-3-5-15(6-4-14)11-22-13-17(9-18(22)23)19(24)21-8-7-16(12-21)10-20-2;/h3-6,16-17,20H,7-13H2,1-2H3;1H. The van der Waals surface area contributed by atoms with Crippen LogP contribution in [0.3, 0.4) is 0 Å². The van der Waals surface area contributed by atoms with Gasteiger partial charge in [0, 0.05) is 32.6 Å². The fourth-order valence-electron chi connectivity index (χ4n) is 3.75. The second-order valence-corrected chi connectivity index (χ2v) is 7.16. The van der Waals surface area contributed by atoms with Gasteiger partial charge in [0.05, 0.1) is 5.92 Å². The molecule has 2 fully saturated rings. The molecule has 1 N–H and O–H groups in total. The van der Waals surface area contributed by atoms with E-state index in [0.29, 0.717) is 25.4 Å². The molecule has 1 aromatic rings. The van der Waals surface area contributed by atoms with Gasteiger partial charge in [0.2, 0.25) is 11.8 Å². The van der Waals surface area contributed by atoms with Gasteiger partial charge >= 0.3 is 0 Å². The number of benzene rings is 1. The van der Waals surface area contributed by atoms with E-state index in [1.807, 2.05) is 16.8 Å². The highest BCUT2D eigenvalue weighted by Crippen LogP contribution is 2.25. The van der Waals surface area contributed by atoms with Crippen LogP contribution in [0.5, 0.6) is 0 Å². The Labute approximate surface area is 156 Å². The monoisotopic (exact) mass is 365 g/mol. The maximum Gasteiger partial charge on any atom is 0.228 e. The van der Waals surface area contributed by atoms with Crippen molar-refractivity contribution in [1.82, 2.24) is 15.1 Å². The van der Waals surface area contributed by atoms with Crippen LogP contribution in [0, 0.1) is 18.8 Å². The Morgan fingerprint density at radius 1 is 1.24 bits per heavy atom. The first kappa shape index (κ1) is 19.7. The smallest absolute Gasteiger partial charge is 0.228 e. The van der Waals surface area contributed by atoms with E-state index < -0.39 is 0 Å². The molecule has 0 saturated carbocycles. The number of aryl methyl sites for hydroxylation is 1. The van der Waals surface area contributed by atoms with Crippen molar-refractivity contribution in [3.63, 3.8) is 0 Å². The fraction of sp³-hybridized carbons (Fsp3) is 0.579. The van der Waals surface area contributed by atoms with Crippen LogP contribution < -0.4 is 5.32 Å². The molecular formula is C19H28ClN3O2. The minimum atomic E-state index is -0.170. The molecule has 2 amide bonds. The second kappa shape index (κ2) is 8.68. The summed E-state index contributed by atoms with van der Waals surface area (Å²) in [5.74, 6) is 0.629. The summed E-state index contributed by atoms with van der Waals surface area (Å²) in [6, 6.07) is 8.23. The average Bonchev–Trinajstić information content (AvgIpc) is 3.17. The van der Waals surface area contributed by atoms with Crippen LogP contribution >= 0.6 is 12.4 Å². The van der Waals surface area contributed by atoms with E-state index in [1.54, 1.807) is 0 Å². The largest absolute Gasteiger partial charge is 0.342 e. The van der Waals surface area contributed by atoms with Gasteiger partial charge in [0.1, 0.15) is 0 Å². The molecule has 0 bridgehead atoms. The Morgan fingerprint density at radius 2 is 1.96 bits per heavy atom. The molecule has 2 aliphatic heterocycles. The summed E-state index contributed by atoms with van der Waals surface area (Å²) < 4.78 is 0. The van der Waals surface area contributed by atoms with Crippen LogP contribution in [-0.2, 0) is 16.1 Å². The SMILES string of the molecule is CNCC1CCN(C(=O)C2CC(=O)N(Cc3ccc(C)cc3)C2)C1.Cl. The molecule has 2 aliphatic rings. The Kier molecular flexibility index (Phi) is 6.85. The van der Waals surface area contributed by atoms with Crippen LogP contribution in [0.2, 0.25) is 0 Å². The number of rotatable bonds is 5. The van der Waals surface area contributed by atoms with Gasteiger partial charge in [-0.2, -0.15) is 0 Å². The molecule has 0 aromatic heterocycles. The molecule has 6 heteroatoms. The molecule has 138 valence electrons. The van der Waals surface area contributed by atoms with E-state index in [1.165, 1.54) is 5.56 Å². The number of hydrogen-bond acceptors (Lipinski definition) is 3. The molecule has 3 rings (SSSR count). The minimum absolute atomic E-state index is 0. The Hall–Kier alpha value is -1.59. The maximum atomic E-state index is 12.7. The van der Waals surface area contributed by atoms with Gasteiger partial charge in [-0.25, -0.2) is 0 Å². The first-order valence-electron chi connectivity index (χ1n) is 8.83. The van der Waals surface area contributed by atoms with E-state index in [4.69, 9.17) is 0 Å². The van der Waals surface area contributed by atoms with Crippen LogP contribution in [0.15, 0.2) is 24.3 Å². The van der Waals surface area contributed by atoms with Gasteiger partial charge in [0.25, 0.3) is 0 Å². The summed E-state index contributed by atoms with van der Waals surface area (Å²) in [5.41, 5.74) is 2.34. The molecule has 25 heavy (non-hydrogen) atoms. The number of carbonyl (C=O) groups is 2. The quantitative estimate of drug-likeness (QED) is 0.866. The summed E-state index contributed by atoms with van der Waals surface area (Å²) in [6.07, 6.45) is 1.41. The van der Waals surface area contributed by atoms with Crippen LogP contribution in [0.4, 0.5) is 0 Å². The Balaban J connectivity index is 0.00000225. The fourth-order valence-corrected chi connectivity index (χ4v) is 3.75. The van der Waals surface area contributed by atoms with Crippen molar-refractivity contribution in [2.75, 3.05) is 33.2 Å². The number of hydrogen-bond donors (Lipinski definition) is 1. The summed E-state index contributed by atoms with van der Waals surface area (Å²) in [6.45, 7) is 5.81. The molecule has 2 saturated heterocycles. The Bertz CT molecular complexity index is 605. The van der Waals surface area contributed by atoms with Gasteiger partial charge in [-0.3, -0.25) is 9.59 Å². The third-order valence-electron chi connectivity index (χ3n) is 5.15. The minimum Gasteiger partial charge on any atom is -0.342 e. The summed E-state index contributed by atoms with van der Waals surface area (Å²) in [7, 11) is 1.95.